The highest BCUT2D eigenvalue weighted by Gasteiger charge is 2.14. The minimum Gasteiger partial charge on any atom is -0.489 e. The molecule has 4 N–H and O–H groups in total. The molecule has 0 radical (unpaired) electrons. The number of nitrogens with one attached hydrogen (secondary N) is 1. The number of hydrogen-bond donors (Lipinski definition) is 3. The van der Waals surface area contributed by atoms with Crippen LogP contribution in [0.4, 0.5) is 0 Å². The Morgan fingerprint density at radius 3 is 3.00 bits per heavy atom. The van der Waals surface area contributed by atoms with Crippen molar-refractivity contribution >= 4 is 40.4 Å². The van der Waals surface area contributed by atoms with Gasteiger partial charge in [-0.3, -0.25) is 4.79 Å². The molecule has 1 atom stereocenters. The van der Waals surface area contributed by atoms with Crippen molar-refractivity contribution in [1.29, 1.82) is 0 Å². The first kappa shape index (κ1) is 19.0. The first-order valence-electron chi connectivity index (χ1n) is 7.18. The molecule has 0 aliphatic carbocycles. The molecule has 9 heteroatoms. The van der Waals surface area contributed by atoms with Crippen LogP contribution < -0.4 is 15.8 Å². The van der Waals surface area contributed by atoms with Gasteiger partial charge in [0.15, 0.2) is 0 Å². The Labute approximate surface area is 153 Å². The summed E-state index contributed by atoms with van der Waals surface area (Å²) in [6.45, 7) is 0.479. The molecule has 1 aromatic carbocycles. The first-order chi connectivity index (χ1) is 11.5. The van der Waals surface area contributed by atoms with Crippen LogP contribution >= 0.6 is 34.5 Å². The third-order valence-electron chi connectivity index (χ3n) is 2.99. The average molecular weight is 390 g/mol. The van der Waals surface area contributed by atoms with E-state index in [1.165, 1.54) is 11.3 Å². The molecule has 0 saturated heterocycles. The van der Waals surface area contributed by atoms with Gasteiger partial charge in [0.25, 0.3) is 5.91 Å². The summed E-state index contributed by atoms with van der Waals surface area (Å²) < 4.78 is 5.41. The first-order valence-corrected chi connectivity index (χ1v) is 8.82. The normalized spacial score (nSPS) is 12.0. The SMILES string of the molecule is NCCc1nc(C(=O)NCC(O)COc2cccc(Cl)c2Cl)cs1. The van der Waals surface area contributed by atoms with Gasteiger partial charge in [0.05, 0.1) is 10.0 Å². The summed E-state index contributed by atoms with van der Waals surface area (Å²) in [4.78, 5) is 16.1. The molecular formula is C15H17Cl2N3O3S. The zero-order valence-corrected chi connectivity index (χ0v) is 15.0. The molecule has 130 valence electrons. The van der Waals surface area contributed by atoms with Crippen LogP contribution in [-0.4, -0.2) is 41.8 Å². The van der Waals surface area contributed by atoms with E-state index in [0.717, 1.165) is 5.01 Å². The van der Waals surface area contributed by atoms with Gasteiger partial charge in [0.2, 0.25) is 0 Å². The lowest BCUT2D eigenvalue weighted by Crippen LogP contribution is -2.35. The highest BCUT2D eigenvalue weighted by molar-refractivity contribution is 7.09. The van der Waals surface area contributed by atoms with Crippen molar-refractivity contribution in [3.63, 3.8) is 0 Å². The standard InChI is InChI=1S/C15H17Cl2N3O3S/c16-10-2-1-3-12(14(10)17)23-7-9(21)6-19-15(22)11-8-24-13(20-11)4-5-18/h1-3,8-9,21H,4-7,18H2,(H,19,22). The number of carbonyl (C=O) groups is 1. The lowest BCUT2D eigenvalue weighted by molar-refractivity contribution is 0.0840. The molecule has 0 aliphatic heterocycles. The maximum Gasteiger partial charge on any atom is 0.270 e. The molecule has 0 bridgehead atoms. The van der Waals surface area contributed by atoms with E-state index in [4.69, 9.17) is 33.7 Å². The third-order valence-corrected chi connectivity index (χ3v) is 4.70. The molecule has 1 amide bonds. The molecule has 1 aromatic heterocycles. The van der Waals surface area contributed by atoms with E-state index in [0.29, 0.717) is 29.4 Å². The number of aliphatic hydroxyl groups excluding tert-OH is 1. The van der Waals surface area contributed by atoms with E-state index in [1.54, 1.807) is 23.6 Å². The summed E-state index contributed by atoms with van der Waals surface area (Å²) in [5.74, 6) is 0.0230. The van der Waals surface area contributed by atoms with E-state index < -0.39 is 6.10 Å². The maximum absolute atomic E-state index is 12.0. The average Bonchev–Trinajstić information content (AvgIpc) is 3.03. The monoisotopic (exact) mass is 389 g/mol. The van der Waals surface area contributed by atoms with Crippen molar-refractivity contribution < 1.29 is 14.6 Å². The third kappa shape index (κ3) is 5.32. The fraction of sp³-hybridized carbons (Fsp3) is 0.333. The van der Waals surface area contributed by atoms with Crippen molar-refractivity contribution in [2.24, 2.45) is 5.73 Å². The molecule has 0 saturated carbocycles. The van der Waals surface area contributed by atoms with Gasteiger partial charge in [-0.1, -0.05) is 29.3 Å². The minimum atomic E-state index is -0.897. The highest BCUT2D eigenvalue weighted by atomic mass is 35.5. The summed E-state index contributed by atoms with van der Waals surface area (Å²) in [6.07, 6.45) is -0.263. The predicted molar refractivity (Wildman–Crippen MR) is 95.2 cm³/mol. The van der Waals surface area contributed by atoms with Gasteiger partial charge >= 0.3 is 0 Å². The van der Waals surface area contributed by atoms with Gasteiger partial charge in [-0.25, -0.2) is 4.98 Å². The number of aliphatic hydroxyl groups is 1. The van der Waals surface area contributed by atoms with Gasteiger partial charge in [-0.2, -0.15) is 0 Å². The summed E-state index contributed by atoms with van der Waals surface area (Å²) in [5.41, 5.74) is 5.76. The van der Waals surface area contributed by atoms with Crippen LogP contribution in [0.3, 0.4) is 0 Å². The molecule has 6 nitrogen and oxygen atoms in total. The van der Waals surface area contributed by atoms with Crippen molar-refractivity contribution in [1.82, 2.24) is 10.3 Å². The molecule has 0 fully saturated rings. The Hall–Kier alpha value is -1.38. The summed E-state index contributed by atoms with van der Waals surface area (Å²) in [7, 11) is 0. The number of rotatable bonds is 8. The quantitative estimate of drug-likeness (QED) is 0.642. The Bertz CT molecular complexity index is 696. The number of thiazole rings is 1. The number of halogens is 2. The number of aromatic nitrogens is 1. The van der Waals surface area contributed by atoms with Gasteiger partial charge < -0.3 is 20.9 Å². The smallest absolute Gasteiger partial charge is 0.270 e. The van der Waals surface area contributed by atoms with E-state index in [2.05, 4.69) is 10.3 Å². The molecule has 2 rings (SSSR count). The molecule has 0 aliphatic rings. The topological polar surface area (TPSA) is 97.5 Å². The van der Waals surface area contributed by atoms with Gasteiger partial charge in [0, 0.05) is 18.3 Å². The van der Waals surface area contributed by atoms with Crippen molar-refractivity contribution in [3.8, 4) is 5.75 Å². The Kier molecular flexibility index (Phi) is 7.26. The minimum absolute atomic E-state index is 0.0285. The molecule has 1 heterocycles. The lowest BCUT2D eigenvalue weighted by atomic mass is 10.3. The van der Waals surface area contributed by atoms with Crippen LogP contribution in [0.15, 0.2) is 23.6 Å². The van der Waals surface area contributed by atoms with E-state index in [1.807, 2.05) is 0 Å². The maximum atomic E-state index is 12.0. The van der Waals surface area contributed by atoms with Crippen molar-refractivity contribution in [2.45, 2.75) is 12.5 Å². The second kappa shape index (κ2) is 9.19. The van der Waals surface area contributed by atoms with Crippen LogP contribution in [0.5, 0.6) is 5.75 Å². The Morgan fingerprint density at radius 1 is 1.46 bits per heavy atom. The summed E-state index contributed by atoms with van der Waals surface area (Å²) in [5, 5.41) is 15.6. The number of nitrogens with two attached hydrogens (primary N) is 1. The Balaban J connectivity index is 1.78. The number of nitrogens with zero attached hydrogens (tertiary/aromatic N) is 1. The number of hydrogen-bond acceptors (Lipinski definition) is 6. The number of benzene rings is 1. The van der Waals surface area contributed by atoms with Crippen LogP contribution in [0, 0.1) is 0 Å². The predicted octanol–water partition coefficient (Wildman–Crippen LogP) is 2.12. The summed E-state index contributed by atoms with van der Waals surface area (Å²) in [6, 6.07) is 4.98. The second-order valence-corrected chi connectivity index (χ2v) is 6.62. The zero-order valence-electron chi connectivity index (χ0n) is 12.7. The zero-order chi connectivity index (χ0) is 17.5. The molecular weight excluding hydrogens is 373 g/mol. The van der Waals surface area contributed by atoms with E-state index in [-0.39, 0.29) is 24.1 Å². The van der Waals surface area contributed by atoms with Gasteiger partial charge in [0.1, 0.15) is 29.2 Å². The van der Waals surface area contributed by atoms with Crippen LogP contribution in [-0.2, 0) is 6.42 Å². The number of amides is 1. The summed E-state index contributed by atoms with van der Waals surface area (Å²) >= 11 is 13.2. The molecule has 0 spiro atoms. The number of ether oxygens (including phenoxy) is 1. The lowest BCUT2D eigenvalue weighted by Gasteiger charge is -2.14. The largest absolute Gasteiger partial charge is 0.489 e. The number of carbonyl (C=O) groups excluding carboxylic acids is 1. The van der Waals surface area contributed by atoms with E-state index in [9.17, 15) is 9.90 Å². The van der Waals surface area contributed by atoms with Gasteiger partial charge in [-0.05, 0) is 18.7 Å². The van der Waals surface area contributed by atoms with E-state index >= 15 is 0 Å². The molecule has 2 aromatic rings. The molecule has 24 heavy (non-hydrogen) atoms. The molecule has 1 unspecified atom stereocenters. The van der Waals surface area contributed by atoms with Crippen LogP contribution in [0.1, 0.15) is 15.5 Å². The van der Waals surface area contributed by atoms with Crippen molar-refractivity contribution in [3.05, 3.63) is 44.3 Å². The van der Waals surface area contributed by atoms with Crippen LogP contribution in [0.25, 0.3) is 0 Å². The van der Waals surface area contributed by atoms with Gasteiger partial charge in [-0.15, -0.1) is 11.3 Å². The fourth-order valence-electron chi connectivity index (χ4n) is 1.79. The fourth-order valence-corrected chi connectivity index (χ4v) is 2.94. The Morgan fingerprint density at radius 2 is 2.25 bits per heavy atom. The highest BCUT2D eigenvalue weighted by Crippen LogP contribution is 2.31. The second-order valence-electron chi connectivity index (χ2n) is 4.89. The van der Waals surface area contributed by atoms with Crippen molar-refractivity contribution in [2.75, 3.05) is 19.7 Å². The van der Waals surface area contributed by atoms with Crippen LogP contribution in [0.2, 0.25) is 10.0 Å².